The van der Waals surface area contributed by atoms with Crippen molar-refractivity contribution in [1.29, 1.82) is 0 Å². The molecule has 2 saturated heterocycles. The molecule has 0 bridgehead atoms. The fraction of sp³-hybridized carbons (Fsp3) is 0.857. The van der Waals surface area contributed by atoms with Crippen molar-refractivity contribution in [1.82, 2.24) is 9.80 Å². The molecule has 118 valence electrons. The number of thioether (sulfide) groups is 1. The summed E-state index contributed by atoms with van der Waals surface area (Å²) in [5.74, 6) is 0.342. The van der Waals surface area contributed by atoms with Gasteiger partial charge in [-0.15, -0.1) is 11.8 Å². The molecule has 6 nitrogen and oxygen atoms in total. The van der Waals surface area contributed by atoms with E-state index in [1.54, 1.807) is 21.6 Å². The second-order valence-electron chi connectivity index (χ2n) is 6.22. The highest BCUT2D eigenvalue weighted by molar-refractivity contribution is 8.00. The number of carbonyl (C=O) groups is 2. The smallest absolute Gasteiger partial charge is 0.327 e. The van der Waals surface area contributed by atoms with Crippen LogP contribution < -0.4 is 0 Å². The maximum absolute atomic E-state index is 12.8. The summed E-state index contributed by atoms with van der Waals surface area (Å²) in [6.07, 6.45) is 3.80. The Morgan fingerprint density at radius 2 is 1.81 bits per heavy atom. The van der Waals surface area contributed by atoms with E-state index >= 15 is 0 Å². The topological polar surface area (TPSA) is 81.1 Å². The van der Waals surface area contributed by atoms with Gasteiger partial charge in [-0.3, -0.25) is 4.90 Å². The molecule has 3 fully saturated rings. The molecule has 2 aliphatic heterocycles. The highest BCUT2D eigenvalue weighted by Gasteiger charge is 2.49. The second-order valence-corrected chi connectivity index (χ2v) is 7.37. The van der Waals surface area contributed by atoms with Gasteiger partial charge in [0.05, 0.1) is 5.37 Å². The summed E-state index contributed by atoms with van der Waals surface area (Å²) in [5, 5.41) is 18.6. The fourth-order valence-electron chi connectivity index (χ4n) is 3.17. The molecular formula is C14H22N2O4S. The molecule has 0 aromatic carbocycles. The van der Waals surface area contributed by atoms with Crippen LogP contribution in [0.1, 0.15) is 25.7 Å². The molecule has 0 aromatic rings. The molecule has 0 aromatic heterocycles. The van der Waals surface area contributed by atoms with Gasteiger partial charge < -0.3 is 15.1 Å². The van der Waals surface area contributed by atoms with Crippen LogP contribution in [0.5, 0.6) is 0 Å². The van der Waals surface area contributed by atoms with Gasteiger partial charge in [-0.25, -0.2) is 9.59 Å². The Kier molecular flexibility index (Phi) is 4.31. The van der Waals surface area contributed by atoms with Crippen LogP contribution in [0.2, 0.25) is 0 Å². The molecule has 2 N–H and O–H groups in total. The number of hydrogen-bond acceptors (Lipinski definition) is 4. The molecule has 7 heteroatoms. The van der Waals surface area contributed by atoms with Crippen molar-refractivity contribution < 1.29 is 19.8 Å². The van der Waals surface area contributed by atoms with Gasteiger partial charge in [-0.05, 0) is 37.5 Å². The van der Waals surface area contributed by atoms with E-state index in [0.29, 0.717) is 24.8 Å². The number of carboxylic acid groups (broad SMARTS) is 1. The molecule has 21 heavy (non-hydrogen) atoms. The van der Waals surface area contributed by atoms with Crippen LogP contribution in [0.25, 0.3) is 0 Å². The summed E-state index contributed by atoms with van der Waals surface area (Å²) in [6, 6.07) is -0.815. The minimum Gasteiger partial charge on any atom is -0.480 e. The summed E-state index contributed by atoms with van der Waals surface area (Å²) in [6.45, 7) is 1.41. The Labute approximate surface area is 128 Å². The van der Waals surface area contributed by atoms with Crippen molar-refractivity contribution >= 4 is 23.8 Å². The monoisotopic (exact) mass is 314 g/mol. The Bertz CT molecular complexity index is 421. The third-order valence-electron chi connectivity index (χ3n) is 4.71. The molecule has 3 aliphatic rings. The average Bonchev–Trinajstić information content (AvgIpc) is 3.24. The lowest BCUT2D eigenvalue weighted by molar-refractivity contribution is -0.141. The van der Waals surface area contributed by atoms with Gasteiger partial charge in [0.2, 0.25) is 0 Å². The summed E-state index contributed by atoms with van der Waals surface area (Å²) >= 11 is 1.61. The van der Waals surface area contributed by atoms with Gasteiger partial charge in [0.1, 0.15) is 6.04 Å². The van der Waals surface area contributed by atoms with Gasteiger partial charge in [0, 0.05) is 25.4 Å². The standard InChI is InChI=1S/C14H22N2O4S/c17-7-9-3-5-15(6-4-9)14(20)16-11(13(18)19)8-21-12(16)10-1-2-10/h9-12,17H,1-8H2,(H,18,19). The van der Waals surface area contributed by atoms with Crippen LogP contribution in [-0.4, -0.2) is 68.9 Å². The van der Waals surface area contributed by atoms with Crippen LogP contribution >= 0.6 is 11.8 Å². The number of piperidine rings is 1. The minimum atomic E-state index is -0.899. The van der Waals surface area contributed by atoms with Crippen molar-refractivity contribution in [2.75, 3.05) is 25.4 Å². The van der Waals surface area contributed by atoms with Crippen LogP contribution in [0.3, 0.4) is 0 Å². The highest BCUT2D eigenvalue weighted by atomic mass is 32.2. The Balaban J connectivity index is 1.69. The first-order valence-corrected chi connectivity index (χ1v) is 8.69. The van der Waals surface area contributed by atoms with Crippen molar-refractivity contribution in [3.05, 3.63) is 0 Å². The number of likely N-dealkylation sites (tertiary alicyclic amines) is 1. The number of aliphatic hydroxyl groups is 1. The van der Waals surface area contributed by atoms with Crippen LogP contribution in [-0.2, 0) is 4.79 Å². The molecule has 2 unspecified atom stereocenters. The molecule has 2 heterocycles. The van der Waals surface area contributed by atoms with Crippen molar-refractivity contribution in [2.24, 2.45) is 11.8 Å². The Hall–Kier alpha value is -0.950. The van der Waals surface area contributed by atoms with Gasteiger partial charge in [0.15, 0.2) is 0 Å². The van der Waals surface area contributed by atoms with E-state index in [4.69, 9.17) is 0 Å². The average molecular weight is 314 g/mol. The number of aliphatic hydroxyl groups excluding tert-OH is 1. The molecular weight excluding hydrogens is 292 g/mol. The molecule has 3 rings (SSSR count). The van der Waals surface area contributed by atoms with Crippen LogP contribution in [0.15, 0.2) is 0 Å². The van der Waals surface area contributed by atoms with Gasteiger partial charge in [-0.1, -0.05) is 0 Å². The van der Waals surface area contributed by atoms with E-state index in [-0.39, 0.29) is 23.9 Å². The van der Waals surface area contributed by atoms with E-state index < -0.39 is 12.0 Å². The number of nitrogens with zero attached hydrogens (tertiary/aromatic N) is 2. The van der Waals surface area contributed by atoms with Crippen LogP contribution in [0, 0.1) is 11.8 Å². The van der Waals surface area contributed by atoms with Crippen LogP contribution in [0.4, 0.5) is 4.79 Å². The van der Waals surface area contributed by atoms with Crippen molar-refractivity contribution in [3.8, 4) is 0 Å². The zero-order valence-corrected chi connectivity index (χ0v) is 12.8. The van der Waals surface area contributed by atoms with E-state index in [2.05, 4.69) is 0 Å². The Morgan fingerprint density at radius 3 is 2.33 bits per heavy atom. The SMILES string of the molecule is O=C(O)C1CSC(C2CC2)N1C(=O)N1CCC(CO)CC1. The normalized spacial score (nSPS) is 30.7. The number of carbonyl (C=O) groups excluding carboxylic acids is 1. The minimum absolute atomic E-state index is 0.0363. The summed E-state index contributed by atoms with van der Waals surface area (Å²) in [7, 11) is 0. The van der Waals surface area contributed by atoms with Crippen molar-refractivity contribution in [2.45, 2.75) is 37.1 Å². The maximum Gasteiger partial charge on any atom is 0.327 e. The maximum atomic E-state index is 12.8. The first-order chi connectivity index (χ1) is 10.1. The van der Waals surface area contributed by atoms with E-state index in [9.17, 15) is 19.8 Å². The molecule has 2 amide bonds. The lowest BCUT2D eigenvalue weighted by atomic mass is 9.98. The zero-order chi connectivity index (χ0) is 15.0. The fourth-order valence-corrected chi connectivity index (χ4v) is 4.80. The van der Waals surface area contributed by atoms with E-state index in [1.165, 1.54) is 0 Å². The lowest BCUT2D eigenvalue weighted by Gasteiger charge is -2.37. The second kappa shape index (κ2) is 6.04. The first kappa shape index (κ1) is 15.0. The highest BCUT2D eigenvalue weighted by Crippen LogP contribution is 2.45. The molecule has 1 saturated carbocycles. The quantitative estimate of drug-likeness (QED) is 0.814. The predicted molar refractivity (Wildman–Crippen MR) is 79.0 cm³/mol. The first-order valence-electron chi connectivity index (χ1n) is 7.64. The zero-order valence-electron chi connectivity index (χ0n) is 12.0. The molecule has 0 radical (unpaired) electrons. The summed E-state index contributed by atoms with van der Waals surface area (Å²) in [5.41, 5.74) is 0. The largest absolute Gasteiger partial charge is 0.480 e. The van der Waals surface area contributed by atoms with E-state index in [1.807, 2.05) is 0 Å². The van der Waals surface area contributed by atoms with Gasteiger partial charge in [0.25, 0.3) is 0 Å². The number of amides is 2. The number of carboxylic acids is 1. The third-order valence-corrected chi connectivity index (χ3v) is 6.17. The summed E-state index contributed by atoms with van der Waals surface area (Å²) < 4.78 is 0. The van der Waals surface area contributed by atoms with Gasteiger partial charge in [-0.2, -0.15) is 0 Å². The third kappa shape index (κ3) is 2.99. The lowest BCUT2D eigenvalue weighted by Crippen LogP contribution is -2.53. The predicted octanol–water partition coefficient (Wildman–Crippen LogP) is 1.05. The molecule has 0 spiro atoms. The number of hydrogen-bond donors (Lipinski definition) is 2. The molecule has 1 aliphatic carbocycles. The van der Waals surface area contributed by atoms with Crippen molar-refractivity contribution in [3.63, 3.8) is 0 Å². The Morgan fingerprint density at radius 1 is 1.14 bits per heavy atom. The van der Waals surface area contributed by atoms with E-state index in [0.717, 1.165) is 25.7 Å². The number of aliphatic carboxylic acids is 1. The molecule has 2 atom stereocenters. The summed E-state index contributed by atoms with van der Waals surface area (Å²) in [4.78, 5) is 27.6. The van der Waals surface area contributed by atoms with Gasteiger partial charge >= 0.3 is 12.0 Å². The number of urea groups is 1. The number of rotatable bonds is 3.